The van der Waals surface area contributed by atoms with Crippen LogP contribution in [0.3, 0.4) is 0 Å². The summed E-state index contributed by atoms with van der Waals surface area (Å²) in [5.74, 6) is -2.56. The van der Waals surface area contributed by atoms with E-state index in [2.05, 4.69) is 30.9 Å². The Kier molecular flexibility index (Phi) is 5.03. The van der Waals surface area contributed by atoms with Gasteiger partial charge in [-0.15, -0.1) is 0 Å². The largest absolute Gasteiger partial charge is 0.373 e. The first-order valence-corrected chi connectivity index (χ1v) is 10.6. The van der Waals surface area contributed by atoms with Crippen molar-refractivity contribution in [3.05, 3.63) is 73.0 Å². The Morgan fingerprint density at radius 2 is 1.94 bits per heavy atom. The SMILES string of the molecule is CN(C(=O)c1cc2c(Br)c(Cl)ncc2[nH]1)[C@H]1COCc2[nH]c(=O)c3cc(F)c(F)cc3c21. The van der Waals surface area contributed by atoms with E-state index >= 15 is 0 Å². The first-order chi connectivity index (χ1) is 15.3. The third-order valence-electron chi connectivity index (χ3n) is 5.63. The van der Waals surface area contributed by atoms with Crippen LogP contribution in [0.1, 0.15) is 27.8 Å². The van der Waals surface area contributed by atoms with Gasteiger partial charge in [0.15, 0.2) is 11.6 Å². The number of nitrogens with one attached hydrogen (secondary N) is 2. The highest BCUT2D eigenvalue weighted by Crippen LogP contribution is 2.35. The minimum atomic E-state index is -1.12. The number of rotatable bonds is 2. The summed E-state index contributed by atoms with van der Waals surface area (Å²) in [5, 5.41) is 1.20. The van der Waals surface area contributed by atoms with Crippen LogP contribution >= 0.6 is 27.5 Å². The quantitative estimate of drug-likeness (QED) is 0.380. The molecule has 0 radical (unpaired) electrons. The summed E-state index contributed by atoms with van der Waals surface area (Å²) in [5.41, 5.74) is 1.28. The Balaban J connectivity index is 1.62. The molecule has 7 nitrogen and oxygen atoms in total. The van der Waals surface area contributed by atoms with Gasteiger partial charge in [-0.25, -0.2) is 13.8 Å². The first-order valence-electron chi connectivity index (χ1n) is 9.47. The van der Waals surface area contributed by atoms with Gasteiger partial charge >= 0.3 is 0 Å². The predicted octanol–water partition coefficient (Wildman–Crippen LogP) is 4.44. The van der Waals surface area contributed by atoms with E-state index in [0.717, 1.165) is 12.1 Å². The number of fused-ring (bicyclic) bond motifs is 4. The molecule has 0 fully saturated rings. The maximum absolute atomic E-state index is 14.1. The van der Waals surface area contributed by atoms with Crippen molar-refractivity contribution < 1.29 is 18.3 Å². The van der Waals surface area contributed by atoms with E-state index in [4.69, 9.17) is 16.3 Å². The standard InChI is InChI=1S/C21H14BrClF2N4O3/c1-29(21(31)13-4-10-14(27-13)5-26-19(23)18(10)22)16-7-32-6-15-17(16)8-2-11(24)12(25)3-9(8)20(30)28-15/h2-5,16,27H,6-7H2,1H3,(H,28,30)/t16-/m0/s1. The van der Waals surface area contributed by atoms with Crippen LogP contribution < -0.4 is 5.56 Å². The monoisotopic (exact) mass is 522 g/mol. The van der Waals surface area contributed by atoms with Crippen molar-refractivity contribution in [3.63, 3.8) is 0 Å². The minimum absolute atomic E-state index is 0.00524. The van der Waals surface area contributed by atoms with E-state index in [1.807, 2.05) is 0 Å². The minimum Gasteiger partial charge on any atom is -0.373 e. The van der Waals surface area contributed by atoms with Crippen LogP contribution in [0.5, 0.6) is 0 Å². The number of H-pyrrole nitrogens is 2. The fourth-order valence-electron chi connectivity index (χ4n) is 4.04. The summed E-state index contributed by atoms with van der Waals surface area (Å²) in [6.45, 7) is 0.203. The van der Waals surface area contributed by atoms with Crippen molar-refractivity contribution in [2.45, 2.75) is 12.6 Å². The van der Waals surface area contributed by atoms with Gasteiger partial charge in [0.1, 0.15) is 10.8 Å². The summed E-state index contributed by atoms with van der Waals surface area (Å²) < 4.78 is 34.0. The Morgan fingerprint density at radius 3 is 2.69 bits per heavy atom. The number of hydrogen-bond donors (Lipinski definition) is 2. The third kappa shape index (κ3) is 3.21. The van der Waals surface area contributed by atoms with Gasteiger partial charge in [-0.2, -0.15) is 0 Å². The molecular weight excluding hydrogens is 510 g/mol. The van der Waals surface area contributed by atoms with E-state index in [-0.39, 0.29) is 40.7 Å². The molecule has 11 heteroatoms. The first kappa shape index (κ1) is 21.0. The van der Waals surface area contributed by atoms with Crippen molar-refractivity contribution in [2.24, 2.45) is 0 Å². The van der Waals surface area contributed by atoms with Gasteiger partial charge < -0.3 is 19.6 Å². The summed E-state index contributed by atoms with van der Waals surface area (Å²) in [4.78, 5) is 36.9. The van der Waals surface area contributed by atoms with Gasteiger partial charge in [0.2, 0.25) is 0 Å². The maximum atomic E-state index is 14.1. The van der Waals surface area contributed by atoms with Crippen molar-refractivity contribution in [1.29, 1.82) is 0 Å². The van der Waals surface area contributed by atoms with Gasteiger partial charge in [-0.3, -0.25) is 9.59 Å². The number of pyridine rings is 2. The van der Waals surface area contributed by atoms with Gasteiger partial charge in [0.05, 0.1) is 40.8 Å². The predicted molar refractivity (Wildman–Crippen MR) is 118 cm³/mol. The van der Waals surface area contributed by atoms with Crippen molar-refractivity contribution in [2.75, 3.05) is 13.7 Å². The van der Waals surface area contributed by atoms with Crippen LogP contribution in [-0.2, 0) is 11.3 Å². The number of aromatic amines is 2. The third-order valence-corrected chi connectivity index (χ3v) is 6.95. The van der Waals surface area contributed by atoms with Crippen LogP contribution in [0.15, 0.2) is 33.7 Å². The number of benzene rings is 1. The number of carbonyl (C=O) groups is 1. The second-order valence-electron chi connectivity index (χ2n) is 7.48. The highest BCUT2D eigenvalue weighted by atomic mass is 79.9. The molecule has 1 aliphatic rings. The topological polar surface area (TPSA) is 91.1 Å². The molecular formula is C21H14BrClF2N4O3. The molecule has 4 heterocycles. The van der Waals surface area contributed by atoms with Crippen molar-refractivity contribution in [1.82, 2.24) is 19.9 Å². The zero-order valence-corrected chi connectivity index (χ0v) is 18.8. The van der Waals surface area contributed by atoms with Crippen LogP contribution in [0.25, 0.3) is 21.7 Å². The highest BCUT2D eigenvalue weighted by Gasteiger charge is 2.32. The fourth-order valence-corrected chi connectivity index (χ4v) is 4.62. The second kappa shape index (κ2) is 7.65. The van der Waals surface area contributed by atoms with E-state index < -0.39 is 23.2 Å². The second-order valence-corrected chi connectivity index (χ2v) is 8.63. The van der Waals surface area contributed by atoms with Crippen LogP contribution in [-0.4, -0.2) is 39.4 Å². The van der Waals surface area contributed by atoms with Crippen molar-refractivity contribution in [3.8, 4) is 0 Å². The maximum Gasteiger partial charge on any atom is 0.270 e. The molecule has 1 amide bonds. The summed E-state index contributed by atoms with van der Waals surface area (Å²) in [6, 6.07) is 2.86. The van der Waals surface area contributed by atoms with Gasteiger partial charge in [-0.05, 0) is 39.5 Å². The molecule has 3 aromatic heterocycles. The summed E-state index contributed by atoms with van der Waals surface area (Å²) >= 11 is 9.40. The molecule has 0 saturated heterocycles. The number of amides is 1. The van der Waals surface area contributed by atoms with E-state index in [1.54, 1.807) is 13.1 Å². The smallest absolute Gasteiger partial charge is 0.270 e. The number of likely N-dealkylation sites (N-methyl/N-ethyl adjacent to an activating group) is 1. The normalized spacial score (nSPS) is 15.8. The number of ether oxygens (including phenoxy) is 1. The van der Waals surface area contributed by atoms with Gasteiger partial charge in [0.25, 0.3) is 11.5 Å². The molecule has 0 aliphatic carbocycles. The summed E-state index contributed by atoms with van der Waals surface area (Å²) in [6.07, 6.45) is 1.52. The molecule has 1 atom stereocenters. The molecule has 4 aromatic rings. The summed E-state index contributed by atoms with van der Waals surface area (Å²) in [7, 11) is 1.58. The number of carbonyl (C=O) groups excluding carboxylic acids is 1. The molecule has 164 valence electrons. The lowest BCUT2D eigenvalue weighted by Gasteiger charge is -2.33. The Bertz CT molecular complexity index is 1490. The van der Waals surface area contributed by atoms with E-state index in [1.165, 1.54) is 11.1 Å². The van der Waals surface area contributed by atoms with Crippen LogP contribution in [0.4, 0.5) is 8.78 Å². The average molecular weight is 524 g/mol. The number of halogens is 4. The Labute approximate surface area is 192 Å². The number of nitrogens with zero attached hydrogens (tertiary/aromatic N) is 2. The molecule has 5 rings (SSSR count). The fraction of sp³-hybridized carbons (Fsp3) is 0.190. The number of aromatic nitrogens is 3. The molecule has 0 spiro atoms. The van der Waals surface area contributed by atoms with Gasteiger partial charge in [-0.1, -0.05) is 11.6 Å². The zero-order valence-electron chi connectivity index (χ0n) is 16.4. The molecule has 2 N–H and O–H groups in total. The lowest BCUT2D eigenvalue weighted by atomic mass is 9.95. The van der Waals surface area contributed by atoms with Crippen LogP contribution in [0, 0.1) is 11.6 Å². The van der Waals surface area contributed by atoms with Gasteiger partial charge in [0, 0.05) is 23.7 Å². The van der Waals surface area contributed by atoms with Crippen molar-refractivity contribution >= 4 is 55.1 Å². The van der Waals surface area contributed by atoms with E-state index in [9.17, 15) is 18.4 Å². The highest BCUT2D eigenvalue weighted by molar-refractivity contribution is 9.10. The lowest BCUT2D eigenvalue weighted by Crippen LogP contribution is -2.37. The molecule has 1 aliphatic heterocycles. The Morgan fingerprint density at radius 1 is 1.22 bits per heavy atom. The van der Waals surface area contributed by atoms with Crippen LogP contribution in [0.2, 0.25) is 5.15 Å². The molecule has 0 unspecified atom stereocenters. The molecule has 0 bridgehead atoms. The Hall–Kier alpha value is -2.82. The molecule has 0 saturated carbocycles. The lowest BCUT2D eigenvalue weighted by molar-refractivity contribution is 0.0333. The zero-order chi connectivity index (χ0) is 22.7. The molecule has 32 heavy (non-hydrogen) atoms. The van der Waals surface area contributed by atoms with E-state index in [0.29, 0.717) is 26.6 Å². The average Bonchev–Trinajstić information content (AvgIpc) is 3.21. The molecule has 1 aromatic carbocycles. The number of hydrogen-bond acceptors (Lipinski definition) is 4.